The van der Waals surface area contributed by atoms with Gasteiger partial charge in [0.05, 0.1) is 11.5 Å². The summed E-state index contributed by atoms with van der Waals surface area (Å²) in [6.07, 6.45) is 2.49. The van der Waals surface area contributed by atoms with Crippen LogP contribution in [0.3, 0.4) is 0 Å². The van der Waals surface area contributed by atoms with Gasteiger partial charge in [-0.3, -0.25) is 4.99 Å². The molecule has 0 aliphatic carbocycles. The van der Waals surface area contributed by atoms with Crippen LogP contribution in [0.25, 0.3) is 0 Å². The van der Waals surface area contributed by atoms with E-state index >= 15 is 0 Å². The van der Waals surface area contributed by atoms with Crippen molar-refractivity contribution in [1.29, 1.82) is 0 Å². The highest BCUT2D eigenvalue weighted by molar-refractivity contribution is 14.0. The van der Waals surface area contributed by atoms with Crippen LogP contribution in [0.15, 0.2) is 23.2 Å². The first-order valence-electron chi connectivity index (χ1n) is 8.98. The van der Waals surface area contributed by atoms with Crippen LogP contribution in [-0.2, 0) is 22.8 Å². The molecule has 1 saturated heterocycles. The minimum atomic E-state index is -2.87. The quantitative estimate of drug-likeness (QED) is 0.397. The largest absolute Gasteiger partial charge is 0.356 e. The lowest BCUT2D eigenvalue weighted by Gasteiger charge is -2.32. The highest BCUT2D eigenvalue weighted by Crippen LogP contribution is 2.21. The van der Waals surface area contributed by atoms with Crippen molar-refractivity contribution in [2.24, 2.45) is 10.9 Å². The van der Waals surface area contributed by atoms with E-state index in [-0.39, 0.29) is 47.2 Å². The van der Waals surface area contributed by atoms with Gasteiger partial charge in [-0.25, -0.2) is 12.8 Å². The molecule has 1 aromatic rings. The number of rotatable bonds is 4. The fraction of sp³-hybridized carbons (Fsp3) is 0.611. The Balaban J connectivity index is 0.00000243. The maximum absolute atomic E-state index is 13.4. The van der Waals surface area contributed by atoms with E-state index in [0.717, 1.165) is 43.0 Å². The zero-order valence-electron chi connectivity index (χ0n) is 15.1. The Kier molecular flexibility index (Phi) is 7.69. The normalized spacial score (nSPS) is 21.8. The average Bonchev–Trinajstić information content (AvgIpc) is 2.93. The monoisotopic (exact) mass is 495 g/mol. The molecule has 0 radical (unpaired) electrons. The fourth-order valence-electron chi connectivity index (χ4n) is 3.44. The molecule has 2 aliphatic heterocycles. The number of hydrogen-bond donors (Lipinski definition) is 1. The highest BCUT2D eigenvalue weighted by Gasteiger charge is 2.28. The molecule has 5 nitrogen and oxygen atoms in total. The number of nitrogens with one attached hydrogen (secondary N) is 1. The second-order valence-electron chi connectivity index (χ2n) is 6.94. The molecule has 0 spiro atoms. The maximum atomic E-state index is 13.4. The number of guanidine groups is 1. The molecule has 0 saturated carbocycles. The van der Waals surface area contributed by atoms with E-state index in [0.29, 0.717) is 19.5 Å². The minimum Gasteiger partial charge on any atom is -0.356 e. The van der Waals surface area contributed by atoms with Gasteiger partial charge < -0.3 is 10.2 Å². The summed E-state index contributed by atoms with van der Waals surface area (Å²) in [5.41, 5.74) is 2.19. The predicted octanol–water partition coefficient (Wildman–Crippen LogP) is 2.59. The molecule has 1 unspecified atom stereocenters. The van der Waals surface area contributed by atoms with Crippen molar-refractivity contribution in [2.75, 3.05) is 31.1 Å². The Morgan fingerprint density at radius 3 is 2.88 bits per heavy atom. The molecule has 26 heavy (non-hydrogen) atoms. The number of sulfone groups is 1. The summed E-state index contributed by atoms with van der Waals surface area (Å²) < 4.78 is 36.6. The fourth-order valence-corrected chi connectivity index (χ4v) is 5.29. The Hall–Kier alpha value is -0.900. The third-order valence-corrected chi connectivity index (χ3v) is 6.68. The Bertz CT molecular complexity index is 755. The minimum absolute atomic E-state index is 0. The number of nitrogens with zero attached hydrogens (tertiary/aromatic N) is 2. The van der Waals surface area contributed by atoms with Crippen LogP contribution >= 0.6 is 24.0 Å². The molecule has 2 heterocycles. The lowest BCUT2D eigenvalue weighted by Crippen LogP contribution is -2.44. The van der Waals surface area contributed by atoms with Gasteiger partial charge in [0.2, 0.25) is 0 Å². The molecular weight excluding hydrogens is 468 g/mol. The third kappa shape index (κ3) is 5.55. The molecular formula is C18H27FIN3O2S. The van der Waals surface area contributed by atoms with E-state index in [4.69, 9.17) is 4.99 Å². The summed E-state index contributed by atoms with van der Waals surface area (Å²) in [6.45, 7) is 4.96. The van der Waals surface area contributed by atoms with Gasteiger partial charge in [0.25, 0.3) is 0 Å². The van der Waals surface area contributed by atoms with Crippen LogP contribution in [0, 0.1) is 11.7 Å². The van der Waals surface area contributed by atoms with Gasteiger partial charge in [0, 0.05) is 26.2 Å². The van der Waals surface area contributed by atoms with Gasteiger partial charge in [0.15, 0.2) is 15.8 Å². The number of fused-ring (bicyclic) bond motifs is 1. The lowest BCUT2D eigenvalue weighted by atomic mass is 10.00. The van der Waals surface area contributed by atoms with Gasteiger partial charge in [-0.1, -0.05) is 13.0 Å². The van der Waals surface area contributed by atoms with Gasteiger partial charge in [-0.15, -0.1) is 24.0 Å². The van der Waals surface area contributed by atoms with E-state index in [2.05, 4.69) is 17.1 Å². The highest BCUT2D eigenvalue weighted by atomic mass is 127. The summed E-state index contributed by atoms with van der Waals surface area (Å²) in [7, 11) is -2.87. The molecule has 1 atom stereocenters. The van der Waals surface area contributed by atoms with Crippen molar-refractivity contribution in [1.82, 2.24) is 10.2 Å². The smallest absolute Gasteiger partial charge is 0.194 e. The molecule has 0 aromatic heterocycles. The molecule has 3 rings (SSSR count). The predicted molar refractivity (Wildman–Crippen MR) is 113 cm³/mol. The Morgan fingerprint density at radius 2 is 2.19 bits per heavy atom. The van der Waals surface area contributed by atoms with Crippen LogP contribution < -0.4 is 5.32 Å². The van der Waals surface area contributed by atoms with E-state index in [1.165, 1.54) is 6.07 Å². The summed E-state index contributed by atoms with van der Waals surface area (Å²) in [5.74, 6) is 1.30. The Labute approximate surface area is 172 Å². The van der Waals surface area contributed by atoms with Gasteiger partial charge in [-0.2, -0.15) is 0 Å². The lowest BCUT2D eigenvalue weighted by molar-refractivity contribution is 0.375. The van der Waals surface area contributed by atoms with E-state index in [1.807, 2.05) is 6.07 Å². The topological polar surface area (TPSA) is 61.8 Å². The van der Waals surface area contributed by atoms with E-state index < -0.39 is 9.84 Å². The van der Waals surface area contributed by atoms with Crippen molar-refractivity contribution in [3.63, 3.8) is 0 Å². The standard InChI is InChI=1S/C18H26FN3O2S.HI/c1-2-7-20-18(21-11-14-6-9-25(23,24)13-14)22-8-5-15-10-17(19)4-3-16(15)12-22;/h3-4,10,14H,2,5-9,11-13H2,1H3,(H,20,21);1H. The molecule has 1 N–H and O–H groups in total. The van der Waals surface area contributed by atoms with Crippen LogP contribution in [-0.4, -0.2) is 50.4 Å². The van der Waals surface area contributed by atoms with Crippen molar-refractivity contribution >= 4 is 39.8 Å². The van der Waals surface area contributed by atoms with Crippen molar-refractivity contribution in [3.8, 4) is 0 Å². The van der Waals surface area contributed by atoms with E-state index in [1.54, 1.807) is 6.07 Å². The second kappa shape index (κ2) is 9.34. The molecule has 2 aliphatic rings. The zero-order chi connectivity index (χ0) is 17.9. The first-order valence-corrected chi connectivity index (χ1v) is 10.8. The van der Waals surface area contributed by atoms with Crippen LogP contribution in [0.4, 0.5) is 4.39 Å². The van der Waals surface area contributed by atoms with Crippen molar-refractivity contribution in [3.05, 3.63) is 35.1 Å². The number of hydrogen-bond acceptors (Lipinski definition) is 3. The maximum Gasteiger partial charge on any atom is 0.194 e. The molecule has 0 bridgehead atoms. The number of benzene rings is 1. The SMILES string of the molecule is CCCNC(=NCC1CCS(=O)(=O)C1)N1CCc2cc(F)ccc2C1.I. The number of aliphatic imine (C=N–C) groups is 1. The molecule has 146 valence electrons. The zero-order valence-corrected chi connectivity index (χ0v) is 18.2. The molecule has 1 aromatic carbocycles. The number of halogens is 2. The van der Waals surface area contributed by atoms with Crippen molar-refractivity contribution in [2.45, 2.75) is 32.7 Å². The average molecular weight is 495 g/mol. The molecule has 0 amide bonds. The summed E-state index contributed by atoms with van der Waals surface area (Å²) in [6, 6.07) is 4.96. The van der Waals surface area contributed by atoms with Gasteiger partial charge >= 0.3 is 0 Å². The van der Waals surface area contributed by atoms with E-state index in [9.17, 15) is 12.8 Å². The van der Waals surface area contributed by atoms with Crippen molar-refractivity contribution < 1.29 is 12.8 Å². The van der Waals surface area contributed by atoms with Crippen LogP contribution in [0.1, 0.15) is 30.9 Å². The molecule has 1 fully saturated rings. The Morgan fingerprint density at radius 1 is 1.38 bits per heavy atom. The second-order valence-corrected chi connectivity index (χ2v) is 9.17. The summed E-state index contributed by atoms with van der Waals surface area (Å²) >= 11 is 0. The van der Waals surface area contributed by atoms with Gasteiger partial charge in [-0.05, 0) is 48.4 Å². The third-order valence-electron chi connectivity index (χ3n) is 4.84. The first kappa shape index (κ1) is 21.4. The summed E-state index contributed by atoms with van der Waals surface area (Å²) in [5, 5.41) is 3.38. The molecule has 8 heteroatoms. The van der Waals surface area contributed by atoms with Crippen LogP contribution in [0.5, 0.6) is 0 Å². The van der Waals surface area contributed by atoms with Crippen LogP contribution in [0.2, 0.25) is 0 Å². The first-order chi connectivity index (χ1) is 12.0. The van der Waals surface area contributed by atoms with Gasteiger partial charge in [0.1, 0.15) is 5.82 Å². The summed E-state index contributed by atoms with van der Waals surface area (Å²) in [4.78, 5) is 6.90.